The van der Waals surface area contributed by atoms with Gasteiger partial charge in [-0.2, -0.15) is 0 Å². The van der Waals surface area contributed by atoms with Crippen molar-refractivity contribution in [3.63, 3.8) is 0 Å². The summed E-state index contributed by atoms with van der Waals surface area (Å²) in [6.07, 6.45) is 5.42. The summed E-state index contributed by atoms with van der Waals surface area (Å²) in [6.45, 7) is 3.07. The molecular weight excluding hydrogens is 354 g/mol. The number of carbonyl (C=O) groups excluding carboxylic acids is 1. The standard InChI is InChI=1S/C22H21N3OS/c26-22(25-16-14-24(15-17-25)21-8-4-5-13-23-21)12-10-19-9-11-20(27-19)18-6-2-1-3-7-18/h1-13H,14-17H2/b12-10+. The molecule has 4 nitrogen and oxygen atoms in total. The Bertz CT molecular complexity index is 913. The first kappa shape index (κ1) is 17.5. The first-order valence-electron chi connectivity index (χ1n) is 9.08. The van der Waals surface area contributed by atoms with E-state index in [4.69, 9.17) is 0 Å². The molecule has 1 aliphatic rings. The molecule has 27 heavy (non-hydrogen) atoms. The SMILES string of the molecule is O=C(/C=C/c1ccc(-c2ccccc2)s1)N1CCN(c2ccccn2)CC1. The number of pyridine rings is 1. The van der Waals surface area contributed by atoms with E-state index in [1.54, 1.807) is 23.6 Å². The molecule has 0 radical (unpaired) electrons. The maximum Gasteiger partial charge on any atom is 0.246 e. The Hall–Kier alpha value is -2.92. The third-order valence-electron chi connectivity index (χ3n) is 4.64. The zero-order valence-corrected chi connectivity index (χ0v) is 15.8. The second-order valence-electron chi connectivity index (χ2n) is 6.40. The molecule has 4 rings (SSSR count). The molecule has 0 saturated carbocycles. The molecular formula is C22H21N3OS. The Kier molecular flexibility index (Phi) is 5.30. The van der Waals surface area contributed by atoms with Gasteiger partial charge in [0.2, 0.25) is 5.91 Å². The summed E-state index contributed by atoms with van der Waals surface area (Å²) in [5.74, 6) is 1.05. The molecule has 0 atom stereocenters. The van der Waals surface area contributed by atoms with Crippen LogP contribution in [-0.4, -0.2) is 42.0 Å². The summed E-state index contributed by atoms with van der Waals surface area (Å²) in [6, 6.07) is 20.4. The van der Waals surface area contributed by atoms with E-state index in [1.165, 1.54) is 10.4 Å². The van der Waals surface area contributed by atoms with Gasteiger partial charge in [-0.25, -0.2) is 4.98 Å². The van der Waals surface area contributed by atoms with Gasteiger partial charge in [-0.1, -0.05) is 36.4 Å². The van der Waals surface area contributed by atoms with E-state index in [9.17, 15) is 4.79 Å². The predicted molar refractivity (Wildman–Crippen MR) is 112 cm³/mol. The van der Waals surface area contributed by atoms with Crippen LogP contribution < -0.4 is 4.90 Å². The lowest BCUT2D eigenvalue weighted by molar-refractivity contribution is -0.126. The minimum atomic E-state index is 0.0744. The number of amides is 1. The normalized spacial score (nSPS) is 14.7. The quantitative estimate of drug-likeness (QED) is 0.642. The maximum atomic E-state index is 12.5. The van der Waals surface area contributed by atoms with E-state index >= 15 is 0 Å². The number of rotatable bonds is 4. The Balaban J connectivity index is 1.34. The van der Waals surface area contributed by atoms with Crippen molar-refractivity contribution in [3.8, 4) is 10.4 Å². The topological polar surface area (TPSA) is 36.4 Å². The number of hydrogen-bond donors (Lipinski definition) is 0. The van der Waals surface area contributed by atoms with Gasteiger partial charge in [0, 0.05) is 48.2 Å². The first-order chi connectivity index (χ1) is 13.3. The van der Waals surface area contributed by atoms with Crippen molar-refractivity contribution in [2.24, 2.45) is 0 Å². The van der Waals surface area contributed by atoms with Crippen LogP contribution in [-0.2, 0) is 4.79 Å². The smallest absolute Gasteiger partial charge is 0.246 e. The number of benzene rings is 1. The molecule has 1 aromatic carbocycles. The highest BCUT2D eigenvalue weighted by Gasteiger charge is 2.20. The largest absolute Gasteiger partial charge is 0.353 e. The molecule has 1 amide bonds. The van der Waals surface area contributed by atoms with Gasteiger partial charge in [-0.05, 0) is 35.9 Å². The van der Waals surface area contributed by atoms with E-state index in [2.05, 4.69) is 34.1 Å². The van der Waals surface area contributed by atoms with E-state index < -0.39 is 0 Å². The summed E-state index contributed by atoms with van der Waals surface area (Å²) in [4.78, 5) is 23.3. The van der Waals surface area contributed by atoms with Crippen molar-refractivity contribution in [3.05, 3.63) is 77.8 Å². The van der Waals surface area contributed by atoms with Gasteiger partial charge in [-0.3, -0.25) is 4.79 Å². The average Bonchev–Trinajstić information content (AvgIpc) is 3.22. The minimum Gasteiger partial charge on any atom is -0.353 e. The molecule has 0 aliphatic carbocycles. The molecule has 0 bridgehead atoms. The molecule has 2 aromatic heterocycles. The van der Waals surface area contributed by atoms with Crippen molar-refractivity contribution in [2.75, 3.05) is 31.1 Å². The summed E-state index contributed by atoms with van der Waals surface area (Å²) >= 11 is 1.70. The number of piperazine rings is 1. The molecule has 1 fully saturated rings. The van der Waals surface area contributed by atoms with Crippen LogP contribution >= 0.6 is 11.3 Å². The van der Waals surface area contributed by atoms with Crippen LogP contribution in [0.2, 0.25) is 0 Å². The highest BCUT2D eigenvalue weighted by atomic mass is 32.1. The Morgan fingerprint density at radius 1 is 0.926 bits per heavy atom. The second kappa shape index (κ2) is 8.18. The molecule has 0 spiro atoms. The zero-order valence-electron chi connectivity index (χ0n) is 15.0. The van der Waals surface area contributed by atoms with Crippen molar-refractivity contribution in [1.82, 2.24) is 9.88 Å². The zero-order chi connectivity index (χ0) is 18.5. The molecule has 0 N–H and O–H groups in total. The Morgan fingerprint density at radius 3 is 2.44 bits per heavy atom. The van der Waals surface area contributed by atoms with Crippen LogP contribution in [0.5, 0.6) is 0 Å². The predicted octanol–water partition coefficient (Wildman–Crippen LogP) is 4.17. The van der Waals surface area contributed by atoms with Gasteiger partial charge in [0.15, 0.2) is 0 Å². The summed E-state index contributed by atoms with van der Waals surface area (Å²) < 4.78 is 0. The Labute approximate surface area is 163 Å². The number of hydrogen-bond acceptors (Lipinski definition) is 4. The lowest BCUT2D eigenvalue weighted by atomic mass is 10.2. The fourth-order valence-corrected chi connectivity index (χ4v) is 4.07. The van der Waals surface area contributed by atoms with E-state index in [-0.39, 0.29) is 5.91 Å². The minimum absolute atomic E-state index is 0.0744. The van der Waals surface area contributed by atoms with Crippen LogP contribution in [0, 0.1) is 0 Å². The number of nitrogens with zero attached hydrogens (tertiary/aromatic N) is 3. The lowest BCUT2D eigenvalue weighted by Crippen LogP contribution is -2.48. The van der Waals surface area contributed by atoms with Crippen LogP contribution in [0.4, 0.5) is 5.82 Å². The van der Waals surface area contributed by atoms with E-state index in [0.29, 0.717) is 0 Å². The van der Waals surface area contributed by atoms with Crippen LogP contribution in [0.15, 0.2) is 72.9 Å². The third-order valence-corrected chi connectivity index (χ3v) is 5.74. The van der Waals surface area contributed by atoms with E-state index in [1.807, 2.05) is 47.4 Å². The number of aromatic nitrogens is 1. The van der Waals surface area contributed by atoms with Gasteiger partial charge in [0.1, 0.15) is 5.82 Å². The van der Waals surface area contributed by atoms with Gasteiger partial charge >= 0.3 is 0 Å². The van der Waals surface area contributed by atoms with E-state index in [0.717, 1.165) is 36.9 Å². The van der Waals surface area contributed by atoms with Crippen molar-refractivity contribution < 1.29 is 4.79 Å². The van der Waals surface area contributed by atoms with Crippen LogP contribution in [0.3, 0.4) is 0 Å². The molecule has 136 valence electrons. The number of carbonyl (C=O) groups is 1. The summed E-state index contributed by atoms with van der Waals surface area (Å²) in [7, 11) is 0. The second-order valence-corrected chi connectivity index (χ2v) is 7.52. The van der Waals surface area contributed by atoms with Gasteiger partial charge in [-0.15, -0.1) is 11.3 Å². The molecule has 0 unspecified atom stereocenters. The average molecular weight is 375 g/mol. The fourth-order valence-electron chi connectivity index (χ4n) is 3.16. The van der Waals surface area contributed by atoms with Gasteiger partial charge in [0.25, 0.3) is 0 Å². The molecule has 3 heterocycles. The highest BCUT2D eigenvalue weighted by Crippen LogP contribution is 2.28. The molecule has 3 aromatic rings. The van der Waals surface area contributed by atoms with Gasteiger partial charge < -0.3 is 9.80 Å². The summed E-state index contributed by atoms with van der Waals surface area (Å²) in [5, 5.41) is 0. The third kappa shape index (κ3) is 4.26. The van der Waals surface area contributed by atoms with Gasteiger partial charge in [0.05, 0.1) is 0 Å². The molecule has 5 heteroatoms. The lowest BCUT2D eigenvalue weighted by Gasteiger charge is -2.34. The highest BCUT2D eigenvalue weighted by molar-refractivity contribution is 7.16. The monoisotopic (exact) mass is 375 g/mol. The maximum absolute atomic E-state index is 12.5. The van der Waals surface area contributed by atoms with Crippen molar-refractivity contribution >= 4 is 29.1 Å². The van der Waals surface area contributed by atoms with Crippen molar-refractivity contribution in [1.29, 1.82) is 0 Å². The summed E-state index contributed by atoms with van der Waals surface area (Å²) in [5.41, 5.74) is 1.21. The molecule has 1 saturated heterocycles. The Morgan fingerprint density at radius 2 is 1.70 bits per heavy atom. The van der Waals surface area contributed by atoms with Crippen LogP contribution in [0.25, 0.3) is 16.5 Å². The van der Waals surface area contributed by atoms with Crippen molar-refractivity contribution in [2.45, 2.75) is 0 Å². The first-order valence-corrected chi connectivity index (χ1v) is 9.89. The fraction of sp³-hybridized carbons (Fsp3) is 0.182. The molecule has 1 aliphatic heterocycles. The number of anilines is 1. The van der Waals surface area contributed by atoms with Crippen LogP contribution in [0.1, 0.15) is 4.88 Å². The number of thiophene rings is 1.